The van der Waals surface area contributed by atoms with Gasteiger partial charge in [-0.15, -0.1) is 0 Å². The Morgan fingerprint density at radius 3 is 2.65 bits per heavy atom. The topological polar surface area (TPSA) is 82.0 Å². The zero-order chi connectivity index (χ0) is 21.8. The minimum Gasteiger partial charge on any atom is -0.353 e. The van der Waals surface area contributed by atoms with Crippen LogP contribution in [0.2, 0.25) is 0 Å². The first-order valence-electron chi connectivity index (χ1n) is 12.0. The van der Waals surface area contributed by atoms with E-state index in [0.717, 1.165) is 44.9 Å². The smallest absolute Gasteiger partial charge is 0.228 e. The number of nitrogens with one attached hydrogen (secondary N) is 2. The number of carbonyl (C=O) groups is 2. The maximum absolute atomic E-state index is 13.4. The van der Waals surface area contributed by atoms with Gasteiger partial charge in [0, 0.05) is 18.4 Å². The number of rotatable bonds is 2. The van der Waals surface area contributed by atoms with Gasteiger partial charge in [-0.25, -0.2) is 0 Å². The van der Waals surface area contributed by atoms with Gasteiger partial charge in [0.25, 0.3) is 0 Å². The molecular weight excluding hydrogens is 386 g/mol. The molecule has 3 saturated carbocycles. The number of piperidine rings is 1. The SMILES string of the molecule is C[C@]12CCC(=O)N[C@@H]1CC[C@@H]1[C@@H]2CC[C@]2(C)[C@@H](C(=O)Nc3ccccc3C#N)CC[C@@H]12. The van der Waals surface area contributed by atoms with Crippen LogP contribution in [0.15, 0.2) is 24.3 Å². The molecule has 1 aromatic rings. The monoisotopic (exact) mass is 419 g/mol. The van der Waals surface area contributed by atoms with E-state index in [1.807, 2.05) is 18.2 Å². The number of nitrogens with zero attached hydrogens (tertiary/aromatic N) is 1. The van der Waals surface area contributed by atoms with E-state index in [9.17, 15) is 14.9 Å². The minimum atomic E-state index is 0.00165. The van der Waals surface area contributed by atoms with Gasteiger partial charge in [0.15, 0.2) is 0 Å². The van der Waals surface area contributed by atoms with Gasteiger partial charge in [-0.2, -0.15) is 5.26 Å². The summed E-state index contributed by atoms with van der Waals surface area (Å²) in [7, 11) is 0. The van der Waals surface area contributed by atoms with Crippen molar-refractivity contribution in [1.82, 2.24) is 5.32 Å². The van der Waals surface area contributed by atoms with Crippen molar-refractivity contribution in [2.45, 2.75) is 71.3 Å². The number of carbonyl (C=O) groups excluding carboxylic acids is 2. The third-order valence-corrected chi connectivity index (χ3v) is 9.72. The molecule has 5 heteroatoms. The van der Waals surface area contributed by atoms with Crippen molar-refractivity contribution < 1.29 is 9.59 Å². The van der Waals surface area contributed by atoms with Gasteiger partial charge in [0.05, 0.1) is 11.3 Å². The van der Waals surface area contributed by atoms with Gasteiger partial charge in [-0.1, -0.05) is 26.0 Å². The molecule has 0 unspecified atom stereocenters. The van der Waals surface area contributed by atoms with E-state index in [0.29, 0.717) is 41.5 Å². The van der Waals surface area contributed by atoms with Crippen molar-refractivity contribution in [1.29, 1.82) is 5.26 Å². The van der Waals surface area contributed by atoms with E-state index >= 15 is 0 Å². The first-order chi connectivity index (χ1) is 14.9. The number of nitriles is 1. The molecule has 5 nitrogen and oxygen atoms in total. The summed E-state index contributed by atoms with van der Waals surface area (Å²) in [4.78, 5) is 25.4. The van der Waals surface area contributed by atoms with Crippen molar-refractivity contribution in [3.63, 3.8) is 0 Å². The van der Waals surface area contributed by atoms with Crippen molar-refractivity contribution in [2.75, 3.05) is 5.32 Å². The van der Waals surface area contributed by atoms with Crippen LogP contribution in [-0.2, 0) is 9.59 Å². The van der Waals surface area contributed by atoms with Crippen molar-refractivity contribution in [2.24, 2.45) is 34.5 Å². The number of hydrogen-bond donors (Lipinski definition) is 2. The van der Waals surface area contributed by atoms with Crippen molar-refractivity contribution >= 4 is 17.5 Å². The summed E-state index contributed by atoms with van der Waals surface area (Å²) >= 11 is 0. The molecule has 3 aliphatic carbocycles. The van der Waals surface area contributed by atoms with Crippen LogP contribution < -0.4 is 10.6 Å². The van der Waals surface area contributed by atoms with Gasteiger partial charge in [-0.05, 0) is 85.7 Å². The molecule has 4 fully saturated rings. The Kier molecular flexibility index (Phi) is 4.88. The lowest BCUT2D eigenvalue weighted by Gasteiger charge is -2.60. The van der Waals surface area contributed by atoms with E-state index in [4.69, 9.17) is 0 Å². The number of benzene rings is 1. The lowest BCUT2D eigenvalue weighted by Crippen LogP contribution is -2.61. The molecule has 1 aromatic carbocycles. The number of fused-ring (bicyclic) bond motifs is 5. The van der Waals surface area contributed by atoms with Crippen LogP contribution in [-0.4, -0.2) is 17.9 Å². The molecule has 0 spiro atoms. The van der Waals surface area contributed by atoms with Crippen LogP contribution in [0.1, 0.15) is 70.8 Å². The van der Waals surface area contributed by atoms with Crippen LogP contribution in [0.5, 0.6) is 0 Å². The van der Waals surface area contributed by atoms with E-state index < -0.39 is 0 Å². The molecule has 4 aliphatic rings. The average Bonchev–Trinajstić information content (AvgIpc) is 3.12. The normalized spacial score (nSPS) is 41.2. The Labute approximate surface area is 185 Å². The molecule has 0 radical (unpaired) electrons. The first-order valence-corrected chi connectivity index (χ1v) is 12.0. The average molecular weight is 420 g/mol. The van der Waals surface area contributed by atoms with Gasteiger partial charge >= 0.3 is 0 Å². The first kappa shape index (κ1) is 20.5. The molecule has 31 heavy (non-hydrogen) atoms. The molecule has 7 atom stereocenters. The molecule has 2 N–H and O–H groups in total. The zero-order valence-electron chi connectivity index (χ0n) is 18.6. The standard InChI is InChI=1S/C26H33N3O2/c1-25-13-11-19-17(7-10-22-26(19,2)14-12-23(30)29-22)18(25)8-9-20(25)24(31)28-21-6-4-3-5-16(21)15-27/h3-6,17-20,22H,7-14H2,1-2H3,(H,28,31)(H,29,30)/t17-,18-,19-,20+,22+,25-,26+/m0/s1. The summed E-state index contributed by atoms with van der Waals surface area (Å²) < 4.78 is 0. The minimum absolute atomic E-state index is 0.00165. The molecular formula is C26H33N3O2. The van der Waals surface area contributed by atoms with Crippen molar-refractivity contribution in [3.8, 4) is 6.07 Å². The second kappa shape index (κ2) is 7.36. The molecule has 0 bridgehead atoms. The second-order valence-corrected chi connectivity index (χ2v) is 10.9. The number of hydrogen-bond acceptors (Lipinski definition) is 3. The second-order valence-electron chi connectivity index (χ2n) is 10.9. The predicted octanol–water partition coefficient (Wildman–Crippen LogP) is 4.63. The molecule has 0 aromatic heterocycles. The fourth-order valence-corrected chi connectivity index (χ4v) is 8.04. The van der Waals surface area contributed by atoms with Gasteiger partial charge in [-0.3, -0.25) is 9.59 Å². The van der Waals surface area contributed by atoms with Crippen LogP contribution in [0.25, 0.3) is 0 Å². The summed E-state index contributed by atoms with van der Waals surface area (Å²) in [5, 5.41) is 15.8. The summed E-state index contributed by atoms with van der Waals surface area (Å²) in [5.74, 6) is 2.17. The molecule has 164 valence electrons. The maximum atomic E-state index is 13.4. The Bertz CT molecular complexity index is 952. The predicted molar refractivity (Wildman–Crippen MR) is 119 cm³/mol. The number of anilines is 1. The van der Waals surface area contributed by atoms with Crippen LogP contribution in [0.4, 0.5) is 5.69 Å². The highest BCUT2D eigenvalue weighted by atomic mass is 16.2. The van der Waals surface area contributed by atoms with Crippen LogP contribution in [0, 0.1) is 45.8 Å². The Balaban J connectivity index is 1.36. The van der Waals surface area contributed by atoms with Crippen molar-refractivity contribution in [3.05, 3.63) is 29.8 Å². The van der Waals surface area contributed by atoms with E-state index in [1.54, 1.807) is 6.07 Å². The quantitative estimate of drug-likeness (QED) is 0.733. The lowest BCUT2D eigenvalue weighted by molar-refractivity contribution is -0.140. The van der Waals surface area contributed by atoms with Crippen LogP contribution in [0.3, 0.4) is 0 Å². The van der Waals surface area contributed by atoms with Gasteiger partial charge < -0.3 is 10.6 Å². The highest BCUT2D eigenvalue weighted by Gasteiger charge is 2.61. The highest BCUT2D eigenvalue weighted by molar-refractivity contribution is 5.94. The van der Waals surface area contributed by atoms with Crippen LogP contribution >= 0.6 is 0 Å². The summed E-state index contributed by atoms with van der Waals surface area (Å²) in [6.45, 7) is 4.76. The van der Waals surface area contributed by atoms with E-state index in [2.05, 4.69) is 30.6 Å². The largest absolute Gasteiger partial charge is 0.353 e. The Hall–Kier alpha value is -2.35. The third-order valence-electron chi connectivity index (χ3n) is 9.72. The lowest BCUT2D eigenvalue weighted by atomic mass is 9.47. The van der Waals surface area contributed by atoms with Gasteiger partial charge in [0.2, 0.25) is 11.8 Å². The van der Waals surface area contributed by atoms with E-state index in [-0.39, 0.29) is 28.6 Å². The maximum Gasteiger partial charge on any atom is 0.228 e. The summed E-state index contributed by atoms with van der Waals surface area (Å²) in [6.07, 6.45) is 8.17. The summed E-state index contributed by atoms with van der Waals surface area (Å²) in [5.41, 5.74) is 1.37. The Morgan fingerprint density at radius 2 is 1.84 bits per heavy atom. The molecule has 1 saturated heterocycles. The number of para-hydroxylation sites is 1. The zero-order valence-corrected chi connectivity index (χ0v) is 18.6. The van der Waals surface area contributed by atoms with E-state index in [1.165, 1.54) is 0 Å². The molecule has 5 rings (SSSR count). The fraction of sp³-hybridized carbons (Fsp3) is 0.654. The highest BCUT2D eigenvalue weighted by Crippen LogP contribution is 2.65. The Morgan fingerprint density at radius 1 is 1.06 bits per heavy atom. The molecule has 2 amide bonds. The third kappa shape index (κ3) is 3.10. The fourth-order valence-electron chi connectivity index (χ4n) is 8.04. The molecule has 1 aliphatic heterocycles. The van der Waals surface area contributed by atoms with Gasteiger partial charge in [0.1, 0.15) is 6.07 Å². The number of amides is 2. The summed E-state index contributed by atoms with van der Waals surface area (Å²) in [6, 6.07) is 9.77. The molecule has 1 heterocycles.